The van der Waals surface area contributed by atoms with Gasteiger partial charge in [-0.15, -0.1) is 0 Å². The molecule has 15 aromatic rings. The van der Waals surface area contributed by atoms with Gasteiger partial charge in [0.15, 0.2) is 8.07 Å². The Kier molecular flexibility index (Phi) is 10.2. The van der Waals surface area contributed by atoms with E-state index < -0.39 is 8.07 Å². The van der Waals surface area contributed by atoms with Crippen molar-refractivity contribution in [1.29, 1.82) is 0 Å². The van der Waals surface area contributed by atoms with Crippen molar-refractivity contribution in [1.82, 2.24) is 13.7 Å². The summed E-state index contributed by atoms with van der Waals surface area (Å²) < 4.78 is 7.39. The van der Waals surface area contributed by atoms with Gasteiger partial charge >= 0.3 is 0 Å². The summed E-state index contributed by atoms with van der Waals surface area (Å²) in [6.45, 7) is 0. The van der Waals surface area contributed by atoms with E-state index in [-0.39, 0.29) is 0 Å². The standard InChI is InChI=1S/C72H49N3Si/c1-5-21-50(22-6-1)52-39-43-71-65(47-52)63-31-15-19-35-69(63)73(71)54-40-44-72-66(49-54)64-32-16-20-36-70(64)75(72)56-46-53(45-55(48-56)74-67-33-17-13-29-61(67)62-30-14-18-34-68(62)74)51-37-41-60(42-38-51)76(57-23-7-2-8-24-57,58-25-9-3-10-26-58)59-27-11-4-12-28-59/h1-49H. The molecule has 0 amide bonds. The molecule has 0 aliphatic carbocycles. The minimum absolute atomic E-state index is 1.10. The molecule has 0 bridgehead atoms. The van der Waals surface area contributed by atoms with Crippen LogP contribution in [0, 0.1) is 0 Å². The fraction of sp³-hybridized carbons (Fsp3) is 0. The van der Waals surface area contributed by atoms with E-state index in [0.29, 0.717) is 0 Å². The number of aromatic nitrogens is 3. The maximum atomic E-state index is 2.49. The van der Waals surface area contributed by atoms with Crippen molar-refractivity contribution in [3.8, 4) is 39.3 Å². The highest BCUT2D eigenvalue weighted by Gasteiger charge is 2.41. The number of hydrogen-bond acceptors (Lipinski definition) is 0. The fourth-order valence-electron chi connectivity index (χ4n) is 12.6. The molecule has 0 spiro atoms. The first kappa shape index (κ1) is 43.8. The number of para-hydroxylation sites is 4. The van der Waals surface area contributed by atoms with Crippen LogP contribution in [0.2, 0.25) is 0 Å². The van der Waals surface area contributed by atoms with Crippen LogP contribution in [0.4, 0.5) is 0 Å². The molecule has 356 valence electrons. The largest absolute Gasteiger partial charge is 0.309 e. The fourth-order valence-corrected chi connectivity index (χ4v) is 17.4. The zero-order chi connectivity index (χ0) is 50.2. The van der Waals surface area contributed by atoms with Crippen molar-refractivity contribution in [3.63, 3.8) is 0 Å². The molecule has 0 atom stereocenters. The lowest BCUT2D eigenvalue weighted by molar-refractivity contribution is 1.13. The quantitative estimate of drug-likeness (QED) is 0.101. The van der Waals surface area contributed by atoms with Crippen LogP contribution in [-0.4, -0.2) is 21.8 Å². The second-order valence-electron chi connectivity index (χ2n) is 20.0. The van der Waals surface area contributed by atoms with Gasteiger partial charge in [0.2, 0.25) is 0 Å². The van der Waals surface area contributed by atoms with Crippen molar-refractivity contribution < 1.29 is 0 Å². The molecule has 0 aliphatic rings. The number of hydrogen-bond donors (Lipinski definition) is 0. The Labute approximate surface area is 442 Å². The van der Waals surface area contributed by atoms with Crippen molar-refractivity contribution >= 4 is 94.2 Å². The SMILES string of the molecule is c1ccc(-c2ccc3c(c2)c2ccccc2n3-c2ccc3c(c2)c2ccccc2n3-c2cc(-c3ccc([Si](c4ccccc4)(c4ccccc4)c4ccccc4)cc3)cc(-n3c4ccccc4c4ccccc43)c2)cc1. The average molecular weight is 984 g/mol. The minimum atomic E-state index is -2.74. The van der Waals surface area contributed by atoms with Crippen LogP contribution in [0.3, 0.4) is 0 Å². The van der Waals surface area contributed by atoms with Gasteiger partial charge in [-0.05, 0) is 116 Å². The van der Waals surface area contributed by atoms with E-state index in [2.05, 4.69) is 311 Å². The minimum Gasteiger partial charge on any atom is -0.309 e. The van der Waals surface area contributed by atoms with E-state index in [1.807, 2.05) is 0 Å². The van der Waals surface area contributed by atoms with Crippen LogP contribution in [0.25, 0.3) is 105 Å². The van der Waals surface area contributed by atoms with Crippen LogP contribution >= 0.6 is 0 Å². The Morgan fingerprint density at radius 1 is 0.184 bits per heavy atom. The Balaban J connectivity index is 0.947. The Morgan fingerprint density at radius 2 is 0.513 bits per heavy atom. The molecule has 0 N–H and O–H groups in total. The summed E-state index contributed by atoms with van der Waals surface area (Å²) in [5.41, 5.74) is 15.1. The highest BCUT2D eigenvalue weighted by atomic mass is 28.3. The number of fused-ring (bicyclic) bond motifs is 9. The van der Waals surface area contributed by atoms with Crippen molar-refractivity contribution in [2.45, 2.75) is 0 Å². The molecule has 0 fully saturated rings. The van der Waals surface area contributed by atoms with E-state index in [1.54, 1.807) is 0 Å². The zero-order valence-electron chi connectivity index (χ0n) is 41.6. The van der Waals surface area contributed by atoms with Crippen LogP contribution in [-0.2, 0) is 0 Å². The van der Waals surface area contributed by atoms with Gasteiger partial charge in [0.05, 0.1) is 33.1 Å². The van der Waals surface area contributed by atoms with Gasteiger partial charge in [0.1, 0.15) is 0 Å². The summed E-state index contributed by atoms with van der Waals surface area (Å²) in [5, 5.41) is 12.8. The predicted molar refractivity (Wildman–Crippen MR) is 324 cm³/mol. The monoisotopic (exact) mass is 983 g/mol. The van der Waals surface area contributed by atoms with Gasteiger partial charge in [0.25, 0.3) is 0 Å². The van der Waals surface area contributed by atoms with Gasteiger partial charge in [-0.1, -0.05) is 224 Å². The molecular formula is C72H49N3Si. The first-order valence-electron chi connectivity index (χ1n) is 26.2. The van der Waals surface area contributed by atoms with Crippen molar-refractivity contribution in [2.24, 2.45) is 0 Å². The number of rotatable bonds is 9. The van der Waals surface area contributed by atoms with Crippen LogP contribution in [0.1, 0.15) is 0 Å². The summed E-state index contributed by atoms with van der Waals surface area (Å²) in [6.07, 6.45) is 0. The molecule has 12 aromatic carbocycles. The third-order valence-corrected chi connectivity index (χ3v) is 20.8. The molecule has 0 unspecified atom stereocenters. The normalized spacial score (nSPS) is 11.9. The summed E-state index contributed by atoms with van der Waals surface area (Å²) in [6, 6.07) is 110. The maximum absolute atomic E-state index is 2.74. The van der Waals surface area contributed by atoms with Crippen molar-refractivity contribution in [2.75, 3.05) is 0 Å². The second kappa shape index (κ2) is 17.7. The van der Waals surface area contributed by atoms with Crippen molar-refractivity contribution in [3.05, 3.63) is 297 Å². The van der Waals surface area contributed by atoms with E-state index in [1.165, 1.54) is 86.3 Å². The Bertz CT molecular complexity index is 4520. The van der Waals surface area contributed by atoms with Gasteiger partial charge in [-0.25, -0.2) is 0 Å². The summed E-state index contributed by atoms with van der Waals surface area (Å²) >= 11 is 0. The number of benzene rings is 12. The summed E-state index contributed by atoms with van der Waals surface area (Å²) in [4.78, 5) is 0. The lowest BCUT2D eigenvalue weighted by atomic mass is 10.0. The molecule has 3 nitrogen and oxygen atoms in total. The molecule has 76 heavy (non-hydrogen) atoms. The summed E-state index contributed by atoms with van der Waals surface area (Å²) in [7, 11) is -2.74. The topological polar surface area (TPSA) is 14.8 Å². The smallest absolute Gasteiger partial charge is 0.179 e. The lowest BCUT2D eigenvalue weighted by Crippen LogP contribution is -2.74. The zero-order valence-corrected chi connectivity index (χ0v) is 42.6. The average Bonchev–Trinajstić information content (AvgIpc) is 4.22. The molecule has 0 aliphatic heterocycles. The highest BCUT2D eigenvalue weighted by molar-refractivity contribution is 7.19. The van der Waals surface area contributed by atoms with Gasteiger partial charge in [-0.3, -0.25) is 0 Å². The van der Waals surface area contributed by atoms with E-state index in [9.17, 15) is 0 Å². The number of nitrogens with zero attached hydrogens (tertiary/aromatic N) is 3. The van der Waals surface area contributed by atoms with E-state index in [4.69, 9.17) is 0 Å². The molecule has 3 aromatic heterocycles. The predicted octanol–water partition coefficient (Wildman–Crippen LogP) is 15.7. The third kappa shape index (κ3) is 6.81. The van der Waals surface area contributed by atoms with Gasteiger partial charge in [0, 0.05) is 49.4 Å². The summed E-state index contributed by atoms with van der Waals surface area (Å²) in [5.74, 6) is 0. The third-order valence-electron chi connectivity index (χ3n) is 16.0. The van der Waals surface area contributed by atoms with E-state index >= 15 is 0 Å². The van der Waals surface area contributed by atoms with Crippen LogP contribution < -0.4 is 20.7 Å². The molecule has 4 heteroatoms. The molecule has 3 heterocycles. The van der Waals surface area contributed by atoms with E-state index in [0.717, 1.165) is 39.2 Å². The molecule has 0 saturated heterocycles. The molecule has 15 rings (SSSR count). The van der Waals surface area contributed by atoms with Crippen LogP contribution in [0.5, 0.6) is 0 Å². The first-order chi connectivity index (χ1) is 37.7. The van der Waals surface area contributed by atoms with Crippen LogP contribution in [0.15, 0.2) is 297 Å². The molecule has 0 saturated carbocycles. The Hall–Kier alpha value is -9.74. The molecular weight excluding hydrogens is 935 g/mol. The first-order valence-corrected chi connectivity index (χ1v) is 28.2. The van der Waals surface area contributed by atoms with Gasteiger partial charge in [-0.2, -0.15) is 0 Å². The van der Waals surface area contributed by atoms with Gasteiger partial charge < -0.3 is 13.7 Å². The Morgan fingerprint density at radius 3 is 0.987 bits per heavy atom. The lowest BCUT2D eigenvalue weighted by Gasteiger charge is -2.34. The molecule has 0 radical (unpaired) electrons. The second-order valence-corrected chi connectivity index (χ2v) is 23.8. The highest BCUT2D eigenvalue weighted by Crippen LogP contribution is 2.40. The maximum Gasteiger partial charge on any atom is 0.179 e.